The van der Waals surface area contributed by atoms with E-state index < -0.39 is 0 Å². The maximum Gasteiger partial charge on any atom is 0.217 e. The average molecular weight is 176 g/mol. The molecule has 0 unspecified atom stereocenters. The molecule has 0 bridgehead atoms. The summed E-state index contributed by atoms with van der Waals surface area (Å²) >= 11 is 0. The lowest BCUT2D eigenvalue weighted by molar-refractivity contribution is -0.118. The highest BCUT2D eigenvalue weighted by molar-refractivity contribution is 5.85. The molecule has 0 aliphatic carbocycles. The number of nitrogens with zero attached hydrogens (tertiary/aromatic N) is 1. The zero-order chi connectivity index (χ0) is 7.40. The molecule has 1 heterocycles. The van der Waals surface area contributed by atoms with Crippen LogP contribution in [0.1, 0.15) is 12.1 Å². The Hall–Kier alpha value is -1.03. The Morgan fingerprint density at radius 1 is 1.73 bits per heavy atom. The molecule has 0 saturated heterocycles. The van der Waals surface area contributed by atoms with Crippen molar-refractivity contribution in [3.05, 3.63) is 18.2 Å². The number of hydrogen-bond acceptors (Lipinski definition) is 2. The maximum atomic E-state index is 10.3. The fourth-order valence-electron chi connectivity index (χ4n) is 0.679. The molecule has 1 aromatic heterocycles. The zero-order valence-electron chi connectivity index (χ0n) is 5.91. The summed E-state index contributed by atoms with van der Waals surface area (Å²) in [6.45, 7) is 0. The summed E-state index contributed by atoms with van der Waals surface area (Å²) in [5.41, 5.74) is 5.88. The van der Waals surface area contributed by atoms with Gasteiger partial charge in [0.15, 0.2) is 0 Å². The second-order valence-electron chi connectivity index (χ2n) is 2.04. The number of nitrogens with one attached hydrogen (secondary N) is 1. The predicted octanol–water partition coefficient (Wildman–Crippen LogP) is 0.249. The minimum Gasteiger partial charge on any atom is -0.370 e. The molecular weight excluding hydrogens is 166 g/mol. The van der Waals surface area contributed by atoms with Gasteiger partial charge in [-0.3, -0.25) is 4.79 Å². The highest BCUT2D eigenvalue weighted by atomic mass is 35.5. The Bertz CT molecular complexity index is 210. The minimum atomic E-state index is -0.283. The summed E-state index contributed by atoms with van der Waals surface area (Å²) < 4.78 is 0. The van der Waals surface area contributed by atoms with E-state index in [1.165, 1.54) is 0 Å². The van der Waals surface area contributed by atoms with Crippen LogP contribution in [-0.4, -0.2) is 15.9 Å². The van der Waals surface area contributed by atoms with Gasteiger partial charge in [-0.15, -0.1) is 12.4 Å². The molecule has 0 saturated carbocycles. The summed E-state index contributed by atoms with van der Waals surface area (Å²) in [5.74, 6) is -0.283. The summed E-state index contributed by atoms with van der Waals surface area (Å²) in [7, 11) is 0. The normalized spacial score (nSPS) is 8.73. The number of primary amides is 1. The van der Waals surface area contributed by atoms with E-state index in [9.17, 15) is 4.79 Å². The van der Waals surface area contributed by atoms with Crippen LogP contribution in [0.4, 0.5) is 0 Å². The van der Waals surface area contributed by atoms with Crippen LogP contribution in [0, 0.1) is 0 Å². The number of nitrogens with two attached hydrogens (primary N) is 1. The third-order valence-corrected chi connectivity index (χ3v) is 1.20. The van der Waals surface area contributed by atoms with Crippen molar-refractivity contribution in [2.24, 2.45) is 5.73 Å². The highest BCUT2D eigenvalue weighted by Gasteiger charge is 1.96. The fraction of sp³-hybridized carbons (Fsp3) is 0.333. The van der Waals surface area contributed by atoms with E-state index in [2.05, 4.69) is 9.97 Å². The third-order valence-electron chi connectivity index (χ3n) is 1.20. The first-order valence-electron chi connectivity index (χ1n) is 3.04. The van der Waals surface area contributed by atoms with Gasteiger partial charge in [0, 0.05) is 18.3 Å². The van der Waals surface area contributed by atoms with Crippen molar-refractivity contribution in [3.8, 4) is 0 Å². The Labute approximate surface area is 70.6 Å². The van der Waals surface area contributed by atoms with E-state index in [0.29, 0.717) is 12.8 Å². The molecule has 0 fully saturated rings. The van der Waals surface area contributed by atoms with Gasteiger partial charge >= 0.3 is 0 Å². The second kappa shape index (κ2) is 4.73. The number of aryl methyl sites for hydroxylation is 1. The number of rotatable bonds is 3. The first kappa shape index (κ1) is 9.97. The lowest BCUT2D eigenvalue weighted by Crippen LogP contribution is -2.11. The van der Waals surface area contributed by atoms with Gasteiger partial charge in [-0.05, 0) is 6.42 Å². The molecule has 0 aromatic carbocycles. The Balaban J connectivity index is 0.000001000. The first-order valence-corrected chi connectivity index (χ1v) is 3.04. The third kappa shape index (κ3) is 3.62. The molecule has 0 aliphatic heterocycles. The standard InChI is InChI=1S/C6H9N3O.ClH/c7-6(10)2-1-5-3-8-4-9-5;/h3-4H,1-2H2,(H2,7,10)(H,8,9);1H. The number of hydrogen-bond donors (Lipinski definition) is 2. The van der Waals surface area contributed by atoms with E-state index in [-0.39, 0.29) is 18.3 Å². The van der Waals surface area contributed by atoms with Crippen molar-refractivity contribution in [2.75, 3.05) is 0 Å². The van der Waals surface area contributed by atoms with Crippen molar-refractivity contribution in [3.63, 3.8) is 0 Å². The smallest absolute Gasteiger partial charge is 0.217 e. The van der Waals surface area contributed by atoms with Crippen LogP contribution in [0.3, 0.4) is 0 Å². The molecule has 0 aliphatic rings. The Kier molecular flexibility index (Phi) is 4.29. The van der Waals surface area contributed by atoms with Crippen molar-refractivity contribution < 1.29 is 4.79 Å². The maximum absolute atomic E-state index is 10.3. The van der Waals surface area contributed by atoms with Gasteiger partial charge < -0.3 is 10.7 Å². The lowest BCUT2D eigenvalue weighted by atomic mass is 10.2. The molecule has 0 atom stereocenters. The molecule has 1 amide bonds. The van der Waals surface area contributed by atoms with E-state index in [4.69, 9.17) is 5.73 Å². The number of halogens is 1. The predicted molar refractivity (Wildman–Crippen MR) is 43.4 cm³/mol. The Morgan fingerprint density at radius 2 is 2.45 bits per heavy atom. The Morgan fingerprint density at radius 3 is 2.91 bits per heavy atom. The van der Waals surface area contributed by atoms with Crippen LogP contribution >= 0.6 is 12.4 Å². The van der Waals surface area contributed by atoms with Crippen LogP contribution in [0.2, 0.25) is 0 Å². The average Bonchev–Trinajstić information content (AvgIpc) is 2.34. The number of carbonyl (C=O) groups is 1. The summed E-state index contributed by atoms with van der Waals surface area (Å²) in [6, 6.07) is 0. The zero-order valence-corrected chi connectivity index (χ0v) is 6.73. The SMILES string of the molecule is Cl.NC(=O)CCc1cnc[nH]1. The number of imidazole rings is 1. The summed E-state index contributed by atoms with van der Waals surface area (Å²) in [5, 5.41) is 0. The molecule has 62 valence electrons. The summed E-state index contributed by atoms with van der Waals surface area (Å²) in [6.07, 6.45) is 4.29. The van der Waals surface area contributed by atoms with Crippen LogP contribution in [0.25, 0.3) is 0 Å². The molecule has 4 nitrogen and oxygen atoms in total. The second-order valence-corrected chi connectivity index (χ2v) is 2.04. The van der Waals surface area contributed by atoms with Crippen LogP contribution < -0.4 is 5.73 Å². The first-order chi connectivity index (χ1) is 4.79. The van der Waals surface area contributed by atoms with Crippen molar-refractivity contribution >= 4 is 18.3 Å². The quantitative estimate of drug-likeness (QED) is 0.691. The van der Waals surface area contributed by atoms with E-state index in [1.54, 1.807) is 12.5 Å². The molecule has 1 rings (SSSR count). The van der Waals surface area contributed by atoms with Gasteiger partial charge in [-0.1, -0.05) is 0 Å². The molecule has 0 spiro atoms. The van der Waals surface area contributed by atoms with Crippen LogP contribution in [-0.2, 0) is 11.2 Å². The number of amides is 1. The number of aromatic amines is 1. The van der Waals surface area contributed by atoms with Gasteiger partial charge in [0.2, 0.25) is 5.91 Å². The van der Waals surface area contributed by atoms with Gasteiger partial charge in [0.05, 0.1) is 6.33 Å². The molecule has 11 heavy (non-hydrogen) atoms. The lowest BCUT2D eigenvalue weighted by Gasteiger charge is -1.90. The van der Waals surface area contributed by atoms with E-state index in [0.717, 1.165) is 5.69 Å². The van der Waals surface area contributed by atoms with Gasteiger partial charge in [-0.2, -0.15) is 0 Å². The number of carbonyl (C=O) groups excluding carboxylic acids is 1. The van der Waals surface area contributed by atoms with Crippen LogP contribution in [0.5, 0.6) is 0 Å². The number of aromatic nitrogens is 2. The van der Waals surface area contributed by atoms with Gasteiger partial charge in [0.25, 0.3) is 0 Å². The molecule has 3 N–H and O–H groups in total. The number of H-pyrrole nitrogens is 1. The molecule has 5 heteroatoms. The van der Waals surface area contributed by atoms with E-state index >= 15 is 0 Å². The van der Waals surface area contributed by atoms with Gasteiger partial charge in [-0.25, -0.2) is 4.98 Å². The monoisotopic (exact) mass is 175 g/mol. The van der Waals surface area contributed by atoms with Crippen LogP contribution in [0.15, 0.2) is 12.5 Å². The molecule has 1 aromatic rings. The van der Waals surface area contributed by atoms with Gasteiger partial charge in [0.1, 0.15) is 0 Å². The fourth-order valence-corrected chi connectivity index (χ4v) is 0.679. The minimum absolute atomic E-state index is 0. The van der Waals surface area contributed by atoms with Crippen molar-refractivity contribution in [1.82, 2.24) is 9.97 Å². The summed E-state index contributed by atoms with van der Waals surface area (Å²) in [4.78, 5) is 16.9. The topological polar surface area (TPSA) is 71.8 Å². The largest absolute Gasteiger partial charge is 0.370 e. The van der Waals surface area contributed by atoms with Crippen molar-refractivity contribution in [2.45, 2.75) is 12.8 Å². The van der Waals surface area contributed by atoms with E-state index in [1.807, 2.05) is 0 Å². The highest BCUT2D eigenvalue weighted by Crippen LogP contribution is 1.94. The molecular formula is C6H10ClN3O. The van der Waals surface area contributed by atoms with Crippen molar-refractivity contribution in [1.29, 1.82) is 0 Å². The molecule has 0 radical (unpaired) electrons.